The Bertz CT molecular complexity index is 851. The highest BCUT2D eigenvalue weighted by Crippen LogP contribution is 2.29. The van der Waals surface area contributed by atoms with Crippen LogP contribution < -0.4 is 5.43 Å². The smallest absolute Gasteiger partial charge is 0.198 e. The fourth-order valence-corrected chi connectivity index (χ4v) is 2.25. The predicted octanol–water partition coefficient (Wildman–Crippen LogP) is 4.17. The summed E-state index contributed by atoms with van der Waals surface area (Å²) in [5.74, 6) is 0.520. The van der Waals surface area contributed by atoms with Crippen LogP contribution in [0.3, 0.4) is 0 Å². The molecule has 3 aromatic rings. The van der Waals surface area contributed by atoms with E-state index in [0.717, 1.165) is 5.56 Å². The first kappa shape index (κ1) is 12.3. The maximum Gasteiger partial charge on any atom is 0.198 e. The molecular weight excluding hydrogens is 254 g/mol. The molecule has 0 fully saturated rings. The molecule has 0 amide bonds. The maximum atomic E-state index is 12.4. The molecule has 4 nitrogen and oxygen atoms in total. The van der Waals surface area contributed by atoms with Crippen molar-refractivity contribution in [1.82, 2.24) is 0 Å². The zero-order valence-corrected chi connectivity index (χ0v) is 10.8. The van der Waals surface area contributed by atoms with E-state index in [9.17, 15) is 9.70 Å². The van der Waals surface area contributed by atoms with E-state index in [2.05, 4.69) is 5.18 Å². The third-order valence-corrected chi connectivity index (χ3v) is 3.26. The Labute approximate surface area is 114 Å². The van der Waals surface area contributed by atoms with Crippen LogP contribution in [0.5, 0.6) is 0 Å². The van der Waals surface area contributed by atoms with Crippen LogP contribution in [-0.4, -0.2) is 0 Å². The maximum absolute atomic E-state index is 12.4. The first-order valence-corrected chi connectivity index (χ1v) is 6.17. The van der Waals surface area contributed by atoms with Crippen molar-refractivity contribution in [3.63, 3.8) is 0 Å². The van der Waals surface area contributed by atoms with Crippen LogP contribution in [0.4, 0.5) is 5.69 Å². The molecule has 3 rings (SSSR count). The van der Waals surface area contributed by atoms with Gasteiger partial charge in [-0.1, -0.05) is 36.4 Å². The number of fused-ring (bicyclic) bond motifs is 1. The van der Waals surface area contributed by atoms with Crippen molar-refractivity contribution in [3.05, 3.63) is 69.2 Å². The summed E-state index contributed by atoms with van der Waals surface area (Å²) < 4.78 is 5.80. The van der Waals surface area contributed by atoms with Crippen LogP contribution in [0.1, 0.15) is 5.56 Å². The van der Waals surface area contributed by atoms with Crippen LogP contribution in [0.15, 0.2) is 62.9 Å². The number of hydrogen-bond acceptors (Lipinski definition) is 4. The summed E-state index contributed by atoms with van der Waals surface area (Å²) in [7, 11) is 0. The fraction of sp³-hybridized carbons (Fsp3) is 0.0625. The fourth-order valence-electron chi connectivity index (χ4n) is 2.25. The predicted molar refractivity (Wildman–Crippen MR) is 78.1 cm³/mol. The zero-order valence-electron chi connectivity index (χ0n) is 10.8. The summed E-state index contributed by atoms with van der Waals surface area (Å²) in [4.78, 5) is 23.3. The molecule has 0 unspecified atom stereocenters. The standard InChI is InChI=1S/C16H11NO3/c1-10-15(18)14-12(17-19)8-5-9-13(14)20-16(10)11-6-3-2-4-7-11/h2-9H,1H3. The van der Waals surface area contributed by atoms with Gasteiger partial charge in [-0.3, -0.25) is 4.79 Å². The van der Waals surface area contributed by atoms with Crippen molar-refractivity contribution < 1.29 is 4.42 Å². The largest absolute Gasteiger partial charge is 0.455 e. The van der Waals surface area contributed by atoms with Gasteiger partial charge >= 0.3 is 0 Å². The van der Waals surface area contributed by atoms with Crippen LogP contribution in [0.2, 0.25) is 0 Å². The number of nitrogens with zero attached hydrogens (tertiary/aromatic N) is 1. The van der Waals surface area contributed by atoms with Crippen molar-refractivity contribution in [2.75, 3.05) is 0 Å². The van der Waals surface area contributed by atoms with Crippen LogP contribution in [-0.2, 0) is 0 Å². The molecule has 0 bridgehead atoms. The second kappa shape index (κ2) is 4.74. The highest BCUT2D eigenvalue weighted by molar-refractivity contribution is 5.90. The molecule has 1 heterocycles. The minimum atomic E-state index is -0.222. The Morgan fingerprint density at radius 3 is 2.45 bits per heavy atom. The van der Waals surface area contributed by atoms with Gasteiger partial charge in [-0.05, 0) is 24.2 Å². The molecule has 0 aliphatic heterocycles. The second-order valence-corrected chi connectivity index (χ2v) is 4.49. The molecule has 0 radical (unpaired) electrons. The van der Waals surface area contributed by atoms with Gasteiger partial charge in [0.05, 0.1) is 5.39 Å². The Hall–Kier alpha value is -2.75. The minimum absolute atomic E-state index is 0.110. The Kier molecular flexibility index (Phi) is 2.91. The van der Waals surface area contributed by atoms with Gasteiger partial charge in [0.25, 0.3) is 0 Å². The van der Waals surface area contributed by atoms with Gasteiger partial charge in [-0.2, -0.15) is 0 Å². The molecule has 0 N–H and O–H groups in total. The van der Waals surface area contributed by atoms with Gasteiger partial charge in [0, 0.05) is 11.1 Å². The lowest BCUT2D eigenvalue weighted by Gasteiger charge is -2.07. The highest BCUT2D eigenvalue weighted by atomic mass is 16.3. The summed E-state index contributed by atoms with van der Waals surface area (Å²) in [5, 5.41) is 3.13. The molecule has 4 heteroatoms. The molecule has 0 aliphatic carbocycles. The van der Waals surface area contributed by atoms with Gasteiger partial charge in [0.2, 0.25) is 0 Å². The van der Waals surface area contributed by atoms with Crippen molar-refractivity contribution in [1.29, 1.82) is 0 Å². The third kappa shape index (κ3) is 1.82. The molecule has 0 aliphatic rings. The molecule has 98 valence electrons. The lowest BCUT2D eigenvalue weighted by molar-refractivity contribution is 0.614. The molecular formula is C16H11NO3. The SMILES string of the molecule is Cc1c(-c2ccccc2)oc2cccc(N=O)c2c1=O. The number of nitroso groups, excluding NO2 is 1. The van der Waals surface area contributed by atoms with E-state index in [-0.39, 0.29) is 16.5 Å². The topological polar surface area (TPSA) is 59.6 Å². The lowest BCUT2D eigenvalue weighted by atomic mass is 10.1. The Balaban J connectivity index is 2.41. The van der Waals surface area contributed by atoms with E-state index < -0.39 is 0 Å². The van der Waals surface area contributed by atoms with Crippen molar-refractivity contribution in [2.45, 2.75) is 6.92 Å². The monoisotopic (exact) mass is 265 g/mol. The molecule has 1 aromatic heterocycles. The Morgan fingerprint density at radius 2 is 1.75 bits per heavy atom. The van der Waals surface area contributed by atoms with Gasteiger partial charge in [0.1, 0.15) is 17.0 Å². The van der Waals surface area contributed by atoms with E-state index >= 15 is 0 Å². The Morgan fingerprint density at radius 1 is 1.00 bits per heavy atom. The number of benzene rings is 2. The van der Waals surface area contributed by atoms with Gasteiger partial charge in [-0.25, -0.2) is 0 Å². The van der Waals surface area contributed by atoms with Gasteiger partial charge in [-0.15, -0.1) is 4.91 Å². The van der Waals surface area contributed by atoms with Gasteiger partial charge in [0.15, 0.2) is 5.43 Å². The van der Waals surface area contributed by atoms with Crippen LogP contribution >= 0.6 is 0 Å². The summed E-state index contributed by atoms with van der Waals surface area (Å²) in [6.07, 6.45) is 0. The number of rotatable bonds is 2. The van der Waals surface area contributed by atoms with E-state index in [4.69, 9.17) is 4.42 Å². The molecule has 0 atom stereocenters. The molecule has 0 saturated heterocycles. The highest BCUT2D eigenvalue weighted by Gasteiger charge is 2.15. The van der Waals surface area contributed by atoms with E-state index in [1.807, 2.05) is 30.3 Å². The van der Waals surface area contributed by atoms with Crippen molar-refractivity contribution in [2.24, 2.45) is 5.18 Å². The van der Waals surface area contributed by atoms with E-state index in [1.165, 1.54) is 6.07 Å². The average molecular weight is 265 g/mol. The third-order valence-electron chi connectivity index (χ3n) is 3.26. The summed E-state index contributed by atoms with van der Waals surface area (Å²) >= 11 is 0. The minimum Gasteiger partial charge on any atom is -0.455 e. The summed E-state index contributed by atoms with van der Waals surface area (Å²) in [5.41, 5.74) is 1.56. The van der Waals surface area contributed by atoms with Crippen LogP contribution in [0.25, 0.3) is 22.3 Å². The van der Waals surface area contributed by atoms with E-state index in [1.54, 1.807) is 19.1 Å². The number of hydrogen-bond donors (Lipinski definition) is 0. The van der Waals surface area contributed by atoms with Crippen LogP contribution in [0, 0.1) is 11.8 Å². The molecule has 0 spiro atoms. The first-order chi connectivity index (χ1) is 9.72. The first-order valence-electron chi connectivity index (χ1n) is 6.17. The van der Waals surface area contributed by atoms with Gasteiger partial charge < -0.3 is 4.42 Å². The van der Waals surface area contributed by atoms with E-state index in [0.29, 0.717) is 16.9 Å². The quantitative estimate of drug-likeness (QED) is 0.653. The van der Waals surface area contributed by atoms with Crippen molar-refractivity contribution >= 4 is 16.7 Å². The second-order valence-electron chi connectivity index (χ2n) is 4.49. The zero-order chi connectivity index (χ0) is 14.1. The molecule has 2 aromatic carbocycles. The lowest BCUT2D eigenvalue weighted by Crippen LogP contribution is -2.07. The molecule has 20 heavy (non-hydrogen) atoms. The molecule has 0 saturated carbocycles. The normalized spacial score (nSPS) is 10.7. The average Bonchev–Trinajstić information content (AvgIpc) is 2.51. The summed E-state index contributed by atoms with van der Waals surface area (Å²) in [6, 6.07) is 14.2. The summed E-state index contributed by atoms with van der Waals surface area (Å²) in [6.45, 7) is 1.69. The van der Waals surface area contributed by atoms with Crippen molar-refractivity contribution in [3.8, 4) is 11.3 Å².